The minimum absolute atomic E-state index is 0.0433. The maximum Gasteiger partial charge on any atom is 0.339 e. The molecule has 1 aliphatic heterocycles. The Morgan fingerprint density at radius 1 is 1.48 bits per heavy atom. The van der Waals surface area contributed by atoms with Crippen molar-refractivity contribution in [3.05, 3.63) is 29.3 Å². The Bertz CT molecular complexity index is 523. The third-order valence-electron chi connectivity index (χ3n) is 3.48. The van der Waals surface area contributed by atoms with E-state index in [0.717, 1.165) is 18.6 Å². The lowest BCUT2D eigenvalue weighted by Crippen LogP contribution is -2.25. The molecular formula is C15H19NO5. The summed E-state index contributed by atoms with van der Waals surface area (Å²) in [6.45, 7) is 1.66. The second-order valence-corrected chi connectivity index (χ2v) is 5.05. The molecule has 1 amide bonds. The van der Waals surface area contributed by atoms with Crippen LogP contribution in [0.4, 0.5) is 0 Å². The minimum Gasteiger partial charge on any atom is -0.496 e. The van der Waals surface area contributed by atoms with E-state index >= 15 is 0 Å². The average molecular weight is 293 g/mol. The fraction of sp³-hybridized carbons (Fsp3) is 0.467. The zero-order valence-electron chi connectivity index (χ0n) is 11.9. The number of benzene rings is 1. The van der Waals surface area contributed by atoms with Crippen LogP contribution in [-0.2, 0) is 16.1 Å². The number of hydrogen-bond donors (Lipinski definition) is 2. The highest BCUT2D eigenvalue weighted by atomic mass is 16.5. The topological polar surface area (TPSA) is 84.9 Å². The second kappa shape index (κ2) is 7.08. The molecule has 1 saturated heterocycles. The molecule has 0 bridgehead atoms. The van der Waals surface area contributed by atoms with Crippen molar-refractivity contribution in [3.8, 4) is 5.75 Å². The third-order valence-corrected chi connectivity index (χ3v) is 3.48. The van der Waals surface area contributed by atoms with Crippen LogP contribution in [0.1, 0.15) is 28.8 Å². The molecular weight excluding hydrogens is 274 g/mol. The van der Waals surface area contributed by atoms with Crippen LogP contribution < -0.4 is 10.1 Å². The Balaban J connectivity index is 1.91. The number of carbonyl (C=O) groups excluding carboxylic acids is 1. The van der Waals surface area contributed by atoms with Gasteiger partial charge in [-0.2, -0.15) is 0 Å². The maximum absolute atomic E-state index is 11.8. The van der Waals surface area contributed by atoms with E-state index in [0.29, 0.717) is 25.3 Å². The van der Waals surface area contributed by atoms with Crippen molar-refractivity contribution in [3.63, 3.8) is 0 Å². The van der Waals surface area contributed by atoms with E-state index < -0.39 is 5.97 Å². The van der Waals surface area contributed by atoms with Crippen molar-refractivity contribution in [2.24, 2.45) is 5.92 Å². The number of aromatic carboxylic acids is 1. The van der Waals surface area contributed by atoms with Crippen molar-refractivity contribution in [2.45, 2.75) is 19.4 Å². The van der Waals surface area contributed by atoms with E-state index in [-0.39, 0.29) is 17.4 Å². The van der Waals surface area contributed by atoms with Gasteiger partial charge < -0.3 is 19.9 Å². The van der Waals surface area contributed by atoms with Gasteiger partial charge in [0, 0.05) is 26.2 Å². The van der Waals surface area contributed by atoms with E-state index in [4.69, 9.17) is 14.6 Å². The SMILES string of the molecule is COc1ccc(CNC(=O)C[C@@H]2CCOC2)cc1C(=O)O. The van der Waals surface area contributed by atoms with Crippen molar-refractivity contribution in [2.75, 3.05) is 20.3 Å². The molecule has 2 N–H and O–H groups in total. The van der Waals surface area contributed by atoms with Crippen LogP contribution in [0, 0.1) is 5.92 Å². The summed E-state index contributed by atoms with van der Waals surface area (Å²) in [7, 11) is 1.42. The molecule has 1 atom stereocenters. The van der Waals surface area contributed by atoms with Crippen molar-refractivity contribution >= 4 is 11.9 Å². The van der Waals surface area contributed by atoms with Crippen LogP contribution in [-0.4, -0.2) is 37.3 Å². The Morgan fingerprint density at radius 3 is 2.90 bits per heavy atom. The summed E-state index contributed by atoms with van der Waals surface area (Å²) in [4.78, 5) is 22.9. The molecule has 1 aromatic rings. The van der Waals surface area contributed by atoms with Gasteiger partial charge in [0.15, 0.2) is 0 Å². The molecule has 1 heterocycles. The zero-order valence-corrected chi connectivity index (χ0v) is 11.9. The maximum atomic E-state index is 11.8. The Hall–Kier alpha value is -2.08. The van der Waals surface area contributed by atoms with Crippen molar-refractivity contribution in [1.29, 1.82) is 0 Å². The molecule has 0 aliphatic carbocycles. The van der Waals surface area contributed by atoms with Crippen molar-refractivity contribution in [1.82, 2.24) is 5.32 Å². The molecule has 0 spiro atoms. The fourth-order valence-electron chi connectivity index (χ4n) is 2.31. The van der Waals surface area contributed by atoms with Crippen LogP contribution >= 0.6 is 0 Å². The number of carboxylic acids is 1. The normalized spacial score (nSPS) is 17.5. The van der Waals surface area contributed by atoms with Crippen LogP contribution in [0.2, 0.25) is 0 Å². The molecule has 1 fully saturated rings. The van der Waals surface area contributed by atoms with E-state index in [2.05, 4.69) is 5.32 Å². The van der Waals surface area contributed by atoms with Gasteiger partial charge in [-0.15, -0.1) is 0 Å². The van der Waals surface area contributed by atoms with Crippen molar-refractivity contribution < 1.29 is 24.2 Å². The first-order valence-electron chi connectivity index (χ1n) is 6.85. The summed E-state index contributed by atoms with van der Waals surface area (Å²) in [5.41, 5.74) is 0.817. The predicted molar refractivity (Wildman–Crippen MR) is 75.3 cm³/mol. The van der Waals surface area contributed by atoms with E-state index in [1.165, 1.54) is 13.2 Å². The van der Waals surface area contributed by atoms with Gasteiger partial charge in [0.25, 0.3) is 0 Å². The summed E-state index contributed by atoms with van der Waals surface area (Å²) in [6, 6.07) is 4.85. The van der Waals surface area contributed by atoms with Gasteiger partial charge in [-0.25, -0.2) is 4.79 Å². The molecule has 6 heteroatoms. The van der Waals surface area contributed by atoms with Gasteiger partial charge in [-0.3, -0.25) is 4.79 Å². The number of amides is 1. The van der Waals surface area contributed by atoms with Gasteiger partial charge in [-0.05, 0) is 30.0 Å². The molecule has 0 unspecified atom stereocenters. The van der Waals surface area contributed by atoms with E-state index in [9.17, 15) is 9.59 Å². The number of carbonyl (C=O) groups is 2. The summed E-state index contributed by atoms with van der Waals surface area (Å²) in [5.74, 6) is -0.502. The molecule has 1 aliphatic rings. The molecule has 21 heavy (non-hydrogen) atoms. The monoisotopic (exact) mass is 293 g/mol. The largest absolute Gasteiger partial charge is 0.496 e. The Labute approximate surface area is 123 Å². The lowest BCUT2D eigenvalue weighted by molar-refractivity contribution is -0.122. The predicted octanol–water partition coefficient (Wildman–Crippen LogP) is 1.44. The van der Waals surface area contributed by atoms with Crippen LogP contribution in [0.15, 0.2) is 18.2 Å². The molecule has 2 rings (SSSR count). The molecule has 0 saturated carbocycles. The average Bonchev–Trinajstić information content (AvgIpc) is 2.97. The second-order valence-electron chi connectivity index (χ2n) is 5.05. The lowest BCUT2D eigenvalue weighted by atomic mass is 10.0. The number of carboxylic acid groups (broad SMARTS) is 1. The first kappa shape index (κ1) is 15.3. The lowest BCUT2D eigenvalue weighted by Gasteiger charge is -2.10. The number of ether oxygens (including phenoxy) is 2. The van der Waals surface area contributed by atoms with Gasteiger partial charge in [0.1, 0.15) is 11.3 Å². The van der Waals surface area contributed by atoms with Crippen LogP contribution in [0.5, 0.6) is 5.75 Å². The standard InChI is InChI=1S/C15H19NO5/c1-20-13-3-2-10(6-12(13)15(18)19)8-16-14(17)7-11-4-5-21-9-11/h2-3,6,11H,4-5,7-9H2,1H3,(H,16,17)(H,18,19)/t11-/m0/s1. The summed E-state index contributed by atoms with van der Waals surface area (Å²) >= 11 is 0. The highest BCUT2D eigenvalue weighted by Gasteiger charge is 2.19. The highest BCUT2D eigenvalue weighted by molar-refractivity contribution is 5.91. The Morgan fingerprint density at radius 2 is 2.29 bits per heavy atom. The molecule has 0 aromatic heterocycles. The quantitative estimate of drug-likeness (QED) is 0.829. The molecule has 114 valence electrons. The molecule has 1 aromatic carbocycles. The van der Waals surface area contributed by atoms with Gasteiger partial charge in [0.05, 0.1) is 7.11 Å². The summed E-state index contributed by atoms with van der Waals surface area (Å²) < 4.78 is 10.2. The molecule has 6 nitrogen and oxygen atoms in total. The van der Waals surface area contributed by atoms with E-state index in [1.54, 1.807) is 12.1 Å². The third kappa shape index (κ3) is 4.19. The summed E-state index contributed by atoms with van der Waals surface area (Å²) in [5, 5.41) is 11.9. The number of rotatable bonds is 6. The first-order valence-corrected chi connectivity index (χ1v) is 6.85. The zero-order chi connectivity index (χ0) is 15.2. The molecule has 0 radical (unpaired) electrons. The number of hydrogen-bond acceptors (Lipinski definition) is 4. The Kier molecular flexibility index (Phi) is 5.16. The van der Waals surface area contributed by atoms with Gasteiger partial charge in [-0.1, -0.05) is 6.07 Å². The minimum atomic E-state index is -1.05. The number of methoxy groups -OCH3 is 1. The fourth-order valence-corrected chi connectivity index (χ4v) is 2.31. The van der Waals surface area contributed by atoms with E-state index in [1.807, 2.05) is 0 Å². The smallest absolute Gasteiger partial charge is 0.339 e. The number of nitrogens with one attached hydrogen (secondary N) is 1. The van der Waals surface area contributed by atoms with Gasteiger partial charge >= 0.3 is 5.97 Å². The van der Waals surface area contributed by atoms with Crippen LogP contribution in [0.3, 0.4) is 0 Å². The van der Waals surface area contributed by atoms with Crippen LogP contribution in [0.25, 0.3) is 0 Å². The summed E-state index contributed by atoms with van der Waals surface area (Å²) in [6.07, 6.45) is 1.36. The van der Waals surface area contributed by atoms with Gasteiger partial charge in [0.2, 0.25) is 5.91 Å². The first-order chi connectivity index (χ1) is 10.1. The highest BCUT2D eigenvalue weighted by Crippen LogP contribution is 2.20.